The highest BCUT2D eigenvalue weighted by Gasteiger charge is 2.16. The summed E-state index contributed by atoms with van der Waals surface area (Å²) in [5, 5.41) is 5.01. The highest BCUT2D eigenvalue weighted by Crippen LogP contribution is 2.14. The van der Waals surface area contributed by atoms with Gasteiger partial charge in [-0.1, -0.05) is 6.07 Å². The summed E-state index contributed by atoms with van der Waals surface area (Å²) >= 11 is 1.64. The molecule has 0 unspecified atom stereocenters. The summed E-state index contributed by atoms with van der Waals surface area (Å²) < 4.78 is 28.8. The van der Waals surface area contributed by atoms with Crippen LogP contribution in [0.3, 0.4) is 0 Å². The second-order valence-electron chi connectivity index (χ2n) is 4.54. The molecule has 2 aromatic heterocycles. The number of hydrogen-bond donors (Lipinski definition) is 2. The van der Waals surface area contributed by atoms with Gasteiger partial charge in [-0.3, -0.25) is 0 Å². The third kappa shape index (κ3) is 3.69. The van der Waals surface area contributed by atoms with E-state index in [0.29, 0.717) is 24.4 Å². The maximum absolute atomic E-state index is 12.2. The number of nitrogens with one attached hydrogen (secondary N) is 2. The Balaban J connectivity index is 2.00. The molecule has 2 heterocycles. The molecule has 0 aliphatic carbocycles. The lowest BCUT2D eigenvalue weighted by Crippen LogP contribution is -2.25. The maximum atomic E-state index is 12.2. The molecule has 0 radical (unpaired) electrons. The largest absolute Gasteiger partial charge is 0.352 e. The first kappa shape index (κ1) is 15.2. The third-order valence-corrected chi connectivity index (χ3v) is 5.36. The van der Waals surface area contributed by atoms with E-state index in [9.17, 15) is 8.42 Å². The van der Waals surface area contributed by atoms with Crippen molar-refractivity contribution in [3.63, 3.8) is 0 Å². The molecule has 2 rings (SSSR count). The SMILES string of the molecule is CNCc1cc(S(=O)(=O)NCCc2cccs2)cn1C. The van der Waals surface area contributed by atoms with E-state index in [2.05, 4.69) is 10.0 Å². The van der Waals surface area contributed by atoms with Gasteiger partial charge in [0.15, 0.2) is 0 Å². The van der Waals surface area contributed by atoms with Crippen molar-refractivity contribution in [2.75, 3.05) is 13.6 Å². The lowest BCUT2D eigenvalue weighted by atomic mass is 10.3. The zero-order valence-corrected chi connectivity index (χ0v) is 13.2. The van der Waals surface area contributed by atoms with Crippen LogP contribution in [0, 0.1) is 0 Å². The minimum Gasteiger partial charge on any atom is -0.352 e. The van der Waals surface area contributed by atoms with Crippen LogP contribution in [-0.4, -0.2) is 26.6 Å². The number of aromatic nitrogens is 1. The first-order valence-electron chi connectivity index (χ1n) is 6.35. The molecular formula is C13H19N3O2S2. The summed E-state index contributed by atoms with van der Waals surface area (Å²) in [7, 11) is 0.251. The Morgan fingerprint density at radius 2 is 2.20 bits per heavy atom. The topological polar surface area (TPSA) is 63.1 Å². The van der Waals surface area contributed by atoms with Crippen LogP contribution in [0.2, 0.25) is 0 Å². The first-order chi connectivity index (χ1) is 9.53. The second-order valence-corrected chi connectivity index (χ2v) is 7.33. The van der Waals surface area contributed by atoms with Gasteiger partial charge in [-0.15, -0.1) is 11.3 Å². The third-order valence-electron chi connectivity index (χ3n) is 2.99. The van der Waals surface area contributed by atoms with E-state index in [0.717, 1.165) is 5.69 Å². The molecule has 2 aromatic rings. The van der Waals surface area contributed by atoms with Crippen LogP contribution >= 0.6 is 11.3 Å². The van der Waals surface area contributed by atoms with E-state index < -0.39 is 10.0 Å². The van der Waals surface area contributed by atoms with Gasteiger partial charge < -0.3 is 9.88 Å². The molecule has 0 bridgehead atoms. The predicted molar refractivity (Wildman–Crippen MR) is 81.4 cm³/mol. The molecule has 20 heavy (non-hydrogen) atoms. The van der Waals surface area contributed by atoms with Crippen LogP contribution < -0.4 is 10.0 Å². The number of sulfonamides is 1. The Kier molecular flexibility index (Phi) is 4.98. The van der Waals surface area contributed by atoms with E-state index in [1.54, 1.807) is 23.6 Å². The van der Waals surface area contributed by atoms with Crippen molar-refractivity contribution < 1.29 is 8.42 Å². The van der Waals surface area contributed by atoms with Crippen LogP contribution in [0.4, 0.5) is 0 Å². The molecule has 0 aromatic carbocycles. The van der Waals surface area contributed by atoms with Gasteiger partial charge in [0.25, 0.3) is 0 Å². The van der Waals surface area contributed by atoms with Crippen molar-refractivity contribution in [3.05, 3.63) is 40.3 Å². The van der Waals surface area contributed by atoms with Crippen LogP contribution in [0.5, 0.6) is 0 Å². The summed E-state index contributed by atoms with van der Waals surface area (Å²) in [6.45, 7) is 1.06. The standard InChI is InChI=1S/C13H19N3O2S2/c1-14-9-11-8-13(10-16(11)2)20(17,18)15-6-5-12-4-3-7-19-12/h3-4,7-8,10,14-15H,5-6,9H2,1-2H3. The number of hydrogen-bond acceptors (Lipinski definition) is 4. The number of aryl methyl sites for hydroxylation is 1. The Labute approximate surface area is 123 Å². The monoisotopic (exact) mass is 313 g/mol. The molecule has 2 N–H and O–H groups in total. The number of thiophene rings is 1. The van der Waals surface area contributed by atoms with Crippen molar-refractivity contribution >= 4 is 21.4 Å². The fourth-order valence-corrected chi connectivity index (χ4v) is 3.76. The fraction of sp³-hybridized carbons (Fsp3) is 0.385. The van der Waals surface area contributed by atoms with Crippen LogP contribution in [-0.2, 0) is 30.0 Å². The molecule has 5 nitrogen and oxygen atoms in total. The fourth-order valence-electron chi connectivity index (χ4n) is 1.93. The predicted octanol–water partition coefficient (Wildman–Crippen LogP) is 1.33. The average Bonchev–Trinajstić information content (AvgIpc) is 3.01. The second kappa shape index (κ2) is 6.53. The molecule has 7 heteroatoms. The van der Waals surface area contributed by atoms with Gasteiger partial charge in [-0.05, 0) is 31.0 Å². The van der Waals surface area contributed by atoms with E-state index >= 15 is 0 Å². The van der Waals surface area contributed by atoms with Gasteiger partial charge >= 0.3 is 0 Å². The number of nitrogens with zero attached hydrogens (tertiary/aromatic N) is 1. The summed E-state index contributed by atoms with van der Waals surface area (Å²) in [6.07, 6.45) is 2.35. The van der Waals surface area contributed by atoms with Crippen molar-refractivity contribution in [2.24, 2.45) is 7.05 Å². The van der Waals surface area contributed by atoms with Crippen molar-refractivity contribution in [2.45, 2.75) is 17.9 Å². The van der Waals surface area contributed by atoms with Crippen molar-refractivity contribution in [3.8, 4) is 0 Å². The molecule has 0 fully saturated rings. The summed E-state index contributed by atoms with van der Waals surface area (Å²) in [5.74, 6) is 0. The molecule has 0 amide bonds. The van der Waals surface area contributed by atoms with Crippen LogP contribution in [0.15, 0.2) is 34.7 Å². The zero-order chi connectivity index (χ0) is 14.6. The Bertz CT molecular complexity index is 645. The lowest BCUT2D eigenvalue weighted by Gasteiger charge is -2.03. The smallest absolute Gasteiger partial charge is 0.242 e. The molecule has 110 valence electrons. The normalized spacial score (nSPS) is 11.9. The molecule has 0 spiro atoms. The Morgan fingerprint density at radius 1 is 1.40 bits per heavy atom. The molecule has 0 aliphatic heterocycles. The quantitative estimate of drug-likeness (QED) is 0.810. The van der Waals surface area contributed by atoms with E-state index in [1.807, 2.05) is 36.2 Å². The van der Waals surface area contributed by atoms with E-state index in [-0.39, 0.29) is 0 Å². The van der Waals surface area contributed by atoms with Crippen molar-refractivity contribution in [1.82, 2.24) is 14.6 Å². The van der Waals surface area contributed by atoms with Gasteiger partial charge in [0, 0.05) is 36.9 Å². The minimum absolute atomic E-state index is 0.316. The Hall–Kier alpha value is -1.15. The molecule has 0 saturated heterocycles. The van der Waals surface area contributed by atoms with E-state index in [1.165, 1.54) is 4.88 Å². The highest BCUT2D eigenvalue weighted by atomic mass is 32.2. The van der Waals surface area contributed by atoms with Crippen LogP contribution in [0.25, 0.3) is 0 Å². The maximum Gasteiger partial charge on any atom is 0.242 e. The molecule has 0 aliphatic rings. The summed E-state index contributed by atoms with van der Waals surface area (Å²) in [4.78, 5) is 1.49. The molecular weight excluding hydrogens is 294 g/mol. The van der Waals surface area contributed by atoms with Gasteiger partial charge in [-0.2, -0.15) is 0 Å². The van der Waals surface area contributed by atoms with Gasteiger partial charge in [0.05, 0.1) is 4.90 Å². The highest BCUT2D eigenvalue weighted by molar-refractivity contribution is 7.89. The minimum atomic E-state index is -3.43. The zero-order valence-electron chi connectivity index (χ0n) is 11.6. The first-order valence-corrected chi connectivity index (χ1v) is 8.71. The van der Waals surface area contributed by atoms with Gasteiger partial charge in [0.1, 0.15) is 0 Å². The van der Waals surface area contributed by atoms with E-state index in [4.69, 9.17) is 0 Å². The summed E-state index contributed by atoms with van der Waals surface area (Å²) in [6, 6.07) is 5.67. The molecule has 0 atom stereocenters. The average molecular weight is 313 g/mol. The number of rotatable bonds is 7. The summed E-state index contributed by atoms with van der Waals surface area (Å²) in [5.41, 5.74) is 0.936. The Morgan fingerprint density at radius 3 is 2.85 bits per heavy atom. The van der Waals surface area contributed by atoms with Crippen molar-refractivity contribution in [1.29, 1.82) is 0 Å². The lowest BCUT2D eigenvalue weighted by molar-refractivity contribution is 0.581. The van der Waals surface area contributed by atoms with Gasteiger partial charge in [-0.25, -0.2) is 13.1 Å². The van der Waals surface area contributed by atoms with Crippen LogP contribution in [0.1, 0.15) is 10.6 Å². The van der Waals surface area contributed by atoms with Gasteiger partial charge in [0.2, 0.25) is 10.0 Å². The molecule has 0 saturated carbocycles.